The first kappa shape index (κ1) is 15.2. The minimum atomic E-state index is -0.237. The molecular weight excluding hydrogens is 304 g/mol. The number of aliphatic hydroxyl groups excluding tert-OH is 1. The molecule has 24 heavy (non-hydrogen) atoms. The molecule has 130 valence electrons. The van der Waals surface area contributed by atoms with Crippen molar-refractivity contribution in [2.75, 3.05) is 0 Å². The quantitative estimate of drug-likeness (QED) is 0.548. The molecule has 0 unspecified atom stereocenters. The topological polar surface area (TPSA) is 59.1 Å². The van der Waals surface area contributed by atoms with Gasteiger partial charge in [0.05, 0.1) is 6.10 Å². The highest BCUT2D eigenvalue weighted by atomic mass is 16.6. The zero-order valence-corrected chi connectivity index (χ0v) is 14.9. The van der Waals surface area contributed by atoms with Gasteiger partial charge in [-0.3, -0.25) is 0 Å². The van der Waals surface area contributed by atoms with E-state index >= 15 is 0 Å². The maximum Gasteiger partial charge on any atom is 0.339 e. The van der Waals surface area contributed by atoms with Gasteiger partial charge < -0.3 is 14.6 Å². The summed E-state index contributed by atoms with van der Waals surface area (Å²) in [7, 11) is 0. The molecule has 3 fully saturated rings. The van der Waals surface area contributed by atoms with E-state index in [4.69, 9.17) is 9.47 Å². The van der Waals surface area contributed by atoms with Gasteiger partial charge in [-0.1, -0.05) is 20.8 Å². The summed E-state index contributed by atoms with van der Waals surface area (Å²) in [6.45, 7) is 8.64. The highest BCUT2D eigenvalue weighted by Crippen LogP contribution is 2.71. The molecule has 2 aliphatic heterocycles. The predicted molar refractivity (Wildman–Crippen MR) is 87.8 cm³/mol. The van der Waals surface area contributed by atoms with Gasteiger partial charge in [0, 0.05) is 17.1 Å². The molecule has 0 amide bonds. The van der Waals surface area contributed by atoms with E-state index in [1.54, 1.807) is 0 Å². The van der Waals surface area contributed by atoms with Gasteiger partial charge in [-0.25, -0.2) is 4.79 Å². The second kappa shape index (κ2) is 4.16. The number of esters is 1. The van der Waals surface area contributed by atoms with Crippen molar-refractivity contribution >= 4 is 5.97 Å². The Hall–Kier alpha value is -1.13. The van der Waals surface area contributed by atoms with Crippen LogP contribution in [0, 0.1) is 22.7 Å². The molecule has 1 N–H and O–H groups in total. The van der Waals surface area contributed by atoms with E-state index in [0.29, 0.717) is 11.5 Å². The number of hydrogen-bond acceptors (Lipinski definition) is 4. The zero-order chi connectivity index (χ0) is 17.1. The second-order valence-electron chi connectivity index (χ2n) is 9.36. The van der Waals surface area contributed by atoms with E-state index < -0.39 is 0 Å². The lowest BCUT2D eigenvalue weighted by Gasteiger charge is -2.60. The molecule has 1 spiro atoms. The maximum atomic E-state index is 12.0. The Labute approximate surface area is 142 Å². The van der Waals surface area contributed by atoms with Crippen molar-refractivity contribution in [3.63, 3.8) is 0 Å². The van der Waals surface area contributed by atoms with Crippen molar-refractivity contribution in [1.82, 2.24) is 0 Å². The molecule has 5 aliphatic rings. The molecule has 5 rings (SSSR count). The van der Waals surface area contributed by atoms with E-state index in [9.17, 15) is 9.90 Å². The molecule has 0 bridgehead atoms. The molecule has 0 aromatic carbocycles. The Morgan fingerprint density at radius 1 is 1.21 bits per heavy atom. The van der Waals surface area contributed by atoms with Gasteiger partial charge >= 0.3 is 5.97 Å². The van der Waals surface area contributed by atoms with Crippen LogP contribution in [-0.4, -0.2) is 28.9 Å². The van der Waals surface area contributed by atoms with Crippen LogP contribution in [0.25, 0.3) is 0 Å². The first-order valence-electron chi connectivity index (χ1n) is 9.23. The SMILES string of the molecule is CC1=C2C(=C[C@H]3[C@]4(C)CC[C@@H](O)C(C)(C)[C@H]4CC[C@]34O[C@H]24)OC1=O. The minimum Gasteiger partial charge on any atom is -0.423 e. The number of fused-ring (bicyclic) bond motifs is 4. The summed E-state index contributed by atoms with van der Waals surface area (Å²) < 4.78 is 11.8. The Bertz CT molecular complexity index is 717. The van der Waals surface area contributed by atoms with Gasteiger partial charge in [0.15, 0.2) is 0 Å². The fraction of sp³-hybridized carbons (Fsp3) is 0.750. The van der Waals surface area contributed by atoms with E-state index in [1.807, 2.05) is 6.92 Å². The standard InChI is InChI=1S/C20H26O4/c1-10-15-11(23-17(10)22)9-13-19(4)7-6-14(21)18(2,3)12(19)5-8-20(13)16(15)24-20/h9,12-14,16,21H,5-8H2,1-4H3/t12-,13+,14-,16-,19-,20+/m1/s1. The van der Waals surface area contributed by atoms with Crippen molar-refractivity contribution in [3.05, 3.63) is 23.0 Å². The van der Waals surface area contributed by atoms with Crippen molar-refractivity contribution < 1.29 is 19.4 Å². The lowest BCUT2D eigenvalue weighted by atomic mass is 9.44. The fourth-order valence-corrected chi connectivity index (χ4v) is 6.61. The molecule has 0 aromatic heterocycles. The zero-order valence-electron chi connectivity index (χ0n) is 14.9. The summed E-state index contributed by atoms with van der Waals surface area (Å²) in [5, 5.41) is 10.6. The second-order valence-corrected chi connectivity index (χ2v) is 9.36. The van der Waals surface area contributed by atoms with Crippen LogP contribution in [0.1, 0.15) is 53.4 Å². The Kier molecular flexibility index (Phi) is 2.62. The first-order valence-corrected chi connectivity index (χ1v) is 9.23. The number of hydrogen-bond donors (Lipinski definition) is 1. The maximum absolute atomic E-state index is 12.0. The predicted octanol–water partition coefficient (Wildman–Crippen LogP) is 3.11. The van der Waals surface area contributed by atoms with Crippen molar-refractivity contribution in [2.24, 2.45) is 22.7 Å². The number of epoxide rings is 1. The molecule has 4 heteroatoms. The molecule has 2 heterocycles. The Balaban J connectivity index is 1.63. The average Bonchev–Trinajstić information content (AvgIpc) is 3.16. The smallest absolute Gasteiger partial charge is 0.339 e. The summed E-state index contributed by atoms with van der Waals surface area (Å²) in [4.78, 5) is 12.0. The van der Waals surface area contributed by atoms with E-state index in [-0.39, 0.29) is 40.5 Å². The van der Waals surface area contributed by atoms with Gasteiger partial charge in [0.2, 0.25) is 0 Å². The fourth-order valence-electron chi connectivity index (χ4n) is 6.61. The third-order valence-corrected chi connectivity index (χ3v) is 8.05. The Morgan fingerprint density at radius 2 is 1.96 bits per heavy atom. The largest absolute Gasteiger partial charge is 0.423 e. The van der Waals surface area contributed by atoms with Gasteiger partial charge in [-0.2, -0.15) is 0 Å². The average molecular weight is 330 g/mol. The number of ether oxygens (including phenoxy) is 2. The van der Waals surface area contributed by atoms with E-state index in [0.717, 1.165) is 37.0 Å². The normalized spacial score (nSPS) is 51.0. The van der Waals surface area contributed by atoms with Crippen LogP contribution in [0.5, 0.6) is 0 Å². The van der Waals surface area contributed by atoms with Gasteiger partial charge in [0.25, 0.3) is 0 Å². The third-order valence-electron chi connectivity index (χ3n) is 8.05. The highest BCUT2D eigenvalue weighted by molar-refractivity contribution is 5.94. The van der Waals surface area contributed by atoms with Crippen LogP contribution >= 0.6 is 0 Å². The molecule has 6 atom stereocenters. The number of carbonyl (C=O) groups excluding carboxylic acids is 1. The molecule has 1 saturated heterocycles. The minimum absolute atomic E-state index is 0.0293. The van der Waals surface area contributed by atoms with Crippen LogP contribution in [0.4, 0.5) is 0 Å². The van der Waals surface area contributed by atoms with Crippen LogP contribution in [-0.2, 0) is 14.3 Å². The van der Waals surface area contributed by atoms with Crippen LogP contribution in [0.15, 0.2) is 23.0 Å². The monoisotopic (exact) mass is 330 g/mol. The molecule has 4 nitrogen and oxygen atoms in total. The summed E-state index contributed by atoms with van der Waals surface area (Å²) in [5.41, 5.74) is 1.56. The van der Waals surface area contributed by atoms with E-state index in [1.165, 1.54) is 0 Å². The van der Waals surface area contributed by atoms with E-state index in [2.05, 4.69) is 26.8 Å². The number of aliphatic hydroxyl groups is 1. The Morgan fingerprint density at radius 3 is 2.71 bits per heavy atom. The lowest BCUT2D eigenvalue weighted by molar-refractivity contribution is -0.145. The van der Waals surface area contributed by atoms with Crippen molar-refractivity contribution in [2.45, 2.75) is 71.2 Å². The summed E-state index contributed by atoms with van der Waals surface area (Å²) in [5.74, 6) is 1.24. The first-order chi connectivity index (χ1) is 11.2. The van der Waals surface area contributed by atoms with Gasteiger partial charge in [-0.05, 0) is 55.4 Å². The summed E-state index contributed by atoms with van der Waals surface area (Å²) in [6, 6.07) is 0. The number of carbonyl (C=O) groups is 1. The third kappa shape index (κ3) is 1.51. The molecule has 2 saturated carbocycles. The van der Waals surface area contributed by atoms with Gasteiger partial charge in [-0.15, -0.1) is 0 Å². The molecule has 0 aromatic rings. The van der Waals surface area contributed by atoms with Crippen molar-refractivity contribution in [3.8, 4) is 0 Å². The molecular formula is C20H26O4. The summed E-state index contributed by atoms with van der Waals surface area (Å²) >= 11 is 0. The van der Waals surface area contributed by atoms with Crippen LogP contribution < -0.4 is 0 Å². The number of rotatable bonds is 0. The van der Waals surface area contributed by atoms with Crippen LogP contribution in [0.2, 0.25) is 0 Å². The summed E-state index contributed by atoms with van der Waals surface area (Å²) in [6.07, 6.45) is 5.90. The van der Waals surface area contributed by atoms with Crippen molar-refractivity contribution in [1.29, 1.82) is 0 Å². The highest BCUT2D eigenvalue weighted by Gasteiger charge is 2.74. The van der Waals surface area contributed by atoms with Crippen LogP contribution in [0.3, 0.4) is 0 Å². The van der Waals surface area contributed by atoms with Gasteiger partial charge in [0.1, 0.15) is 17.5 Å². The molecule has 0 radical (unpaired) electrons. The lowest BCUT2D eigenvalue weighted by Crippen LogP contribution is -2.59. The molecule has 3 aliphatic carbocycles.